The van der Waals surface area contributed by atoms with Gasteiger partial charge in [0.25, 0.3) is 5.91 Å². The van der Waals surface area contributed by atoms with E-state index >= 15 is 0 Å². The van der Waals surface area contributed by atoms with Crippen LogP contribution in [0, 0.1) is 20.8 Å². The van der Waals surface area contributed by atoms with Crippen molar-refractivity contribution in [2.75, 3.05) is 11.9 Å². The number of amides is 1. The van der Waals surface area contributed by atoms with Crippen molar-refractivity contribution in [2.45, 2.75) is 20.8 Å². The Hall–Kier alpha value is -2.82. The Morgan fingerprint density at radius 3 is 2.43 bits per heavy atom. The van der Waals surface area contributed by atoms with Crippen LogP contribution in [-0.2, 0) is 4.79 Å². The Morgan fingerprint density at radius 1 is 1.03 bits per heavy atom. The zero-order valence-electron chi connectivity index (χ0n) is 17.0. The Balaban J connectivity index is 1.68. The molecule has 1 amide bonds. The average Bonchev–Trinajstić information content (AvgIpc) is 2.68. The number of halogens is 2. The van der Waals surface area contributed by atoms with E-state index in [1.165, 1.54) is 5.56 Å². The highest BCUT2D eigenvalue weighted by Gasteiger charge is 2.12. The fourth-order valence-corrected chi connectivity index (χ4v) is 3.48. The van der Waals surface area contributed by atoms with Crippen LogP contribution in [-0.4, -0.2) is 18.7 Å². The lowest BCUT2D eigenvalue weighted by Crippen LogP contribution is -2.20. The topological polar surface area (TPSA) is 50.7 Å². The maximum atomic E-state index is 12.2. The molecule has 6 heteroatoms. The molecule has 0 fully saturated rings. The molecule has 3 rings (SSSR count). The van der Waals surface area contributed by atoms with Crippen molar-refractivity contribution in [3.63, 3.8) is 0 Å². The van der Waals surface area contributed by atoms with Gasteiger partial charge in [-0.05, 0) is 73.4 Å². The second-order valence-corrected chi connectivity index (χ2v) is 7.81. The van der Waals surface area contributed by atoms with Crippen molar-refractivity contribution in [1.82, 2.24) is 0 Å². The molecule has 0 heterocycles. The van der Waals surface area contributed by atoms with Gasteiger partial charge in [-0.3, -0.25) is 9.79 Å². The molecule has 3 aromatic carbocycles. The van der Waals surface area contributed by atoms with Gasteiger partial charge in [0.05, 0.1) is 15.7 Å². The number of carbonyl (C=O) groups excluding carboxylic acids is 1. The number of aryl methyl sites for hydroxylation is 2. The molecule has 0 saturated heterocycles. The summed E-state index contributed by atoms with van der Waals surface area (Å²) < 4.78 is 5.56. The minimum atomic E-state index is -0.298. The number of nitrogens with one attached hydrogen (secondary N) is 1. The van der Waals surface area contributed by atoms with Crippen LogP contribution in [0.5, 0.6) is 5.75 Å². The monoisotopic (exact) mass is 440 g/mol. The van der Waals surface area contributed by atoms with Gasteiger partial charge in [0.2, 0.25) is 0 Å². The second-order valence-electron chi connectivity index (χ2n) is 7.00. The number of anilines is 1. The van der Waals surface area contributed by atoms with E-state index in [0.29, 0.717) is 15.7 Å². The van der Waals surface area contributed by atoms with Gasteiger partial charge in [-0.1, -0.05) is 47.5 Å². The Morgan fingerprint density at radius 2 is 1.73 bits per heavy atom. The van der Waals surface area contributed by atoms with E-state index in [1.54, 1.807) is 18.3 Å². The first kappa shape index (κ1) is 21.9. The highest BCUT2D eigenvalue weighted by molar-refractivity contribution is 6.37. The van der Waals surface area contributed by atoms with E-state index in [1.807, 2.05) is 63.2 Å². The summed E-state index contributed by atoms with van der Waals surface area (Å²) in [5, 5.41) is 3.41. The van der Waals surface area contributed by atoms with Gasteiger partial charge in [0.15, 0.2) is 12.4 Å². The van der Waals surface area contributed by atoms with Crippen LogP contribution in [0.3, 0.4) is 0 Å². The van der Waals surface area contributed by atoms with E-state index in [9.17, 15) is 4.79 Å². The lowest BCUT2D eigenvalue weighted by atomic mass is 10.1. The molecule has 0 radical (unpaired) electrons. The molecule has 4 nitrogen and oxygen atoms in total. The number of hydrogen-bond donors (Lipinski definition) is 1. The predicted octanol–water partition coefficient (Wildman–Crippen LogP) is 6.69. The first-order valence-electron chi connectivity index (χ1n) is 9.42. The number of nitrogens with zero attached hydrogens (tertiary/aromatic N) is 1. The SMILES string of the molecule is Cc1cccc(NC(=O)COc2c(Cl)cc(C=Nc3cccc(C)c3C)cc2Cl)c1. The largest absolute Gasteiger partial charge is 0.481 e. The Kier molecular flexibility index (Phi) is 7.14. The molecule has 3 aromatic rings. The van der Waals surface area contributed by atoms with Crippen LogP contribution >= 0.6 is 23.2 Å². The smallest absolute Gasteiger partial charge is 0.262 e. The number of hydrogen-bond acceptors (Lipinski definition) is 3. The van der Waals surface area contributed by atoms with Gasteiger partial charge < -0.3 is 10.1 Å². The minimum absolute atomic E-state index is 0.205. The third-order valence-electron chi connectivity index (χ3n) is 4.60. The molecule has 0 aliphatic heterocycles. The maximum absolute atomic E-state index is 12.2. The molecule has 0 atom stereocenters. The standard InChI is InChI=1S/C24H22Cl2N2O2/c1-15-6-4-8-19(10-15)28-23(29)14-30-24-20(25)11-18(12-21(24)26)13-27-22-9-5-7-16(2)17(22)3/h4-13H,14H2,1-3H3,(H,28,29). The summed E-state index contributed by atoms with van der Waals surface area (Å²) in [6.45, 7) is 5.82. The average molecular weight is 441 g/mol. The summed E-state index contributed by atoms with van der Waals surface area (Å²) in [6.07, 6.45) is 1.70. The third kappa shape index (κ3) is 5.62. The normalized spacial score (nSPS) is 11.0. The van der Waals surface area contributed by atoms with Crippen LogP contribution < -0.4 is 10.1 Å². The molecule has 0 aliphatic rings. The number of aliphatic imine (C=N–C) groups is 1. The highest BCUT2D eigenvalue weighted by atomic mass is 35.5. The minimum Gasteiger partial charge on any atom is -0.481 e. The van der Waals surface area contributed by atoms with Crippen LogP contribution in [0.1, 0.15) is 22.3 Å². The van der Waals surface area contributed by atoms with Gasteiger partial charge in [-0.15, -0.1) is 0 Å². The second kappa shape index (κ2) is 9.79. The molecule has 30 heavy (non-hydrogen) atoms. The van der Waals surface area contributed by atoms with Crippen molar-refractivity contribution in [1.29, 1.82) is 0 Å². The molecular formula is C24H22Cl2N2O2. The summed E-state index contributed by atoms with van der Waals surface area (Å²) in [5.41, 5.74) is 5.67. The quantitative estimate of drug-likeness (QED) is 0.434. The van der Waals surface area contributed by atoms with Crippen molar-refractivity contribution in [3.8, 4) is 5.75 Å². The van der Waals surface area contributed by atoms with Crippen LogP contribution in [0.25, 0.3) is 0 Å². The highest BCUT2D eigenvalue weighted by Crippen LogP contribution is 2.34. The van der Waals surface area contributed by atoms with Crippen LogP contribution in [0.15, 0.2) is 59.6 Å². The van der Waals surface area contributed by atoms with E-state index in [2.05, 4.69) is 10.3 Å². The van der Waals surface area contributed by atoms with Gasteiger partial charge in [0, 0.05) is 11.9 Å². The number of carbonyl (C=O) groups is 1. The van der Waals surface area contributed by atoms with Crippen molar-refractivity contribution in [3.05, 3.63) is 86.9 Å². The summed E-state index contributed by atoms with van der Waals surface area (Å²) in [7, 11) is 0. The molecule has 0 aliphatic carbocycles. The number of rotatable bonds is 6. The van der Waals surface area contributed by atoms with E-state index in [-0.39, 0.29) is 18.3 Å². The molecule has 0 unspecified atom stereocenters. The molecule has 0 bridgehead atoms. The molecule has 0 spiro atoms. The van der Waals surface area contributed by atoms with E-state index < -0.39 is 0 Å². The predicted molar refractivity (Wildman–Crippen MR) is 125 cm³/mol. The lowest BCUT2D eigenvalue weighted by molar-refractivity contribution is -0.118. The van der Waals surface area contributed by atoms with Crippen LogP contribution in [0.4, 0.5) is 11.4 Å². The number of benzene rings is 3. The number of ether oxygens (including phenoxy) is 1. The zero-order valence-corrected chi connectivity index (χ0v) is 18.5. The summed E-state index contributed by atoms with van der Waals surface area (Å²) in [6, 6.07) is 16.9. The van der Waals surface area contributed by atoms with Gasteiger partial charge in [-0.25, -0.2) is 0 Å². The first-order valence-corrected chi connectivity index (χ1v) is 10.2. The fourth-order valence-electron chi connectivity index (χ4n) is 2.87. The molecule has 154 valence electrons. The summed E-state index contributed by atoms with van der Waals surface area (Å²) in [4.78, 5) is 16.7. The molecule has 0 saturated carbocycles. The lowest BCUT2D eigenvalue weighted by Gasteiger charge is -2.11. The van der Waals surface area contributed by atoms with E-state index in [0.717, 1.165) is 22.4 Å². The van der Waals surface area contributed by atoms with Gasteiger partial charge in [-0.2, -0.15) is 0 Å². The zero-order chi connectivity index (χ0) is 21.7. The maximum Gasteiger partial charge on any atom is 0.262 e. The molecular weight excluding hydrogens is 419 g/mol. The van der Waals surface area contributed by atoms with Crippen molar-refractivity contribution >= 4 is 46.7 Å². The Labute approximate surface area is 186 Å². The summed E-state index contributed by atoms with van der Waals surface area (Å²) in [5.74, 6) is -0.0325. The third-order valence-corrected chi connectivity index (χ3v) is 5.16. The molecule has 0 aromatic heterocycles. The van der Waals surface area contributed by atoms with Crippen molar-refractivity contribution in [2.24, 2.45) is 4.99 Å². The van der Waals surface area contributed by atoms with Gasteiger partial charge in [0.1, 0.15) is 0 Å². The fraction of sp³-hybridized carbons (Fsp3) is 0.167. The first-order chi connectivity index (χ1) is 14.3. The van der Waals surface area contributed by atoms with E-state index in [4.69, 9.17) is 27.9 Å². The van der Waals surface area contributed by atoms with Crippen molar-refractivity contribution < 1.29 is 9.53 Å². The van der Waals surface area contributed by atoms with Crippen LogP contribution in [0.2, 0.25) is 10.0 Å². The Bertz CT molecular complexity index is 1090. The molecule has 1 N–H and O–H groups in total. The van der Waals surface area contributed by atoms with Gasteiger partial charge >= 0.3 is 0 Å². The summed E-state index contributed by atoms with van der Waals surface area (Å²) >= 11 is 12.7.